The summed E-state index contributed by atoms with van der Waals surface area (Å²) in [4.78, 5) is 31.3. The molecule has 1 atom stereocenters. The predicted octanol–water partition coefficient (Wildman–Crippen LogP) is 5.20. The fraction of sp³-hybridized carbons (Fsp3) is 0.200. The number of methoxy groups -OCH3 is 2. The van der Waals surface area contributed by atoms with Crippen LogP contribution < -0.4 is 10.1 Å². The van der Waals surface area contributed by atoms with Crippen LogP contribution in [0.4, 0.5) is 10.5 Å². The lowest BCUT2D eigenvalue weighted by Gasteiger charge is -2.36. The van der Waals surface area contributed by atoms with Crippen molar-refractivity contribution in [3.8, 4) is 5.75 Å². The lowest BCUT2D eigenvalue weighted by Crippen LogP contribution is -2.43. The number of nitrogens with one attached hydrogen (secondary N) is 2. The van der Waals surface area contributed by atoms with Crippen LogP contribution in [0.1, 0.15) is 32.5 Å². The Morgan fingerprint density at radius 2 is 1.88 bits per heavy atom. The number of ether oxygens (including phenoxy) is 2. The van der Waals surface area contributed by atoms with Crippen LogP contribution >= 0.6 is 11.3 Å². The first-order valence-electron chi connectivity index (χ1n) is 10.6. The standard InChI is InChI=1S/C25H23N3O4S/c1-31-16-9-7-15(8-10-16)22-21-18(17-5-3-4-6-19(17)26-21)11-13-28(22)25(30)27-20-12-14-33-23(20)24(29)32-2/h3-10,12,14,22,26H,11,13H2,1-2H3,(H,27,30)/t22-/m1/s1. The van der Waals surface area contributed by atoms with Crippen LogP contribution in [0.5, 0.6) is 5.75 Å². The minimum absolute atomic E-state index is 0.274. The Balaban J connectivity index is 1.55. The second kappa shape index (κ2) is 8.63. The Labute approximate surface area is 194 Å². The minimum atomic E-state index is -0.469. The first-order chi connectivity index (χ1) is 16.1. The summed E-state index contributed by atoms with van der Waals surface area (Å²) in [6, 6.07) is 17.1. The SMILES string of the molecule is COC(=O)c1sccc1NC(=O)N1CCc2c([nH]c3ccccc23)[C@H]1c1ccc(OC)cc1. The number of amides is 2. The van der Waals surface area contributed by atoms with Crippen molar-refractivity contribution in [2.45, 2.75) is 12.5 Å². The van der Waals surface area contributed by atoms with Gasteiger partial charge < -0.3 is 24.7 Å². The number of thiophene rings is 1. The number of carbonyl (C=O) groups is 2. The van der Waals surface area contributed by atoms with Gasteiger partial charge in [0.15, 0.2) is 0 Å². The summed E-state index contributed by atoms with van der Waals surface area (Å²) in [6.07, 6.45) is 0.729. The Morgan fingerprint density at radius 3 is 2.64 bits per heavy atom. The molecule has 33 heavy (non-hydrogen) atoms. The molecular weight excluding hydrogens is 438 g/mol. The number of rotatable bonds is 4. The molecule has 0 bridgehead atoms. The molecule has 4 aromatic rings. The van der Waals surface area contributed by atoms with Crippen molar-refractivity contribution in [2.75, 3.05) is 26.1 Å². The van der Waals surface area contributed by atoms with Gasteiger partial charge in [0.1, 0.15) is 10.6 Å². The van der Waals surface area contributed by atoms with E-state index in [9.17, 15) is 9.59 Å². The van der Waals surface area contributed by atoms with Crippen LogP contribution in [0.3, 0.4) is 0 Å². The van der Waals surface area contributed by atoms with E-state index in [-0.39, 0.29) is 12.1 Å². The Kier molecular flexibility index (Phi) is 5.51. The zero-order valence-electron chi connectivity index (χ0n) is 18.3. The van der Waals surface area contributed by atoms with Gasteiger partial charge in [0.2, 0.25) is 0 Å². The molecule has 0 aliphatic carbocycles. The van der Waals surface area contributed by atoms with Gasteiger partial charge in [-0.3, -0.25) is 0 Å². The number of aromatic amines is 1. The highest BCUT2D eigenvalue weighted by atomic mass is 32.1. The number of fused-ring (bicyclic) bond motifs is 3. The summed E-state index contributed by atoms with van der Waals surface area (Å²) in [6.45, 7) is 0.537. The van der Waals surface area contributed by atoms with Gasteiger partial charge in [-0.2, -0.15) is 0 Å². The lowest BCUT2D eigenvalue weighted by atomic mass is 9.92. The highest BCUT2D eigenvalue weighted by molar-refractivity contribution is 7.12. The minimum Gasteiger partial charge on any atom is -0.497 e. The van der Waals surface area contributed by atoms with Crippen molar-refractivity contribution >= 4 is 39.9 Å². The van der Waals surface area contributed by atoms with Crippen molar-refractivity contribution in [3.05, 3.63) is 81.7 Å². The third-order valence-electron chi connectivity index (χ3n) is 6.00. The van der Waals surface area contributed by atoms with Gasteiger partial charge in [0, 0.05) is 23.1 Å². The maximum Gasteiger partial charge on any atom is 0.350 e. The summed E-state index contributed by atoms with van der Waals surface area (Å²) in [5, 5.41) is 5.86. The molecule has 0 saturated carbocycles. The number of para-hydroxylation sites is 1. The van der Waals surface area contributed by atoms with Gasteiger partial charge in [-0.15, -0.1) is 11.3 Å². The zero-order chi connectivity index (χ0) is 22.9. The quantitative estimate of drug-likeness (QED) is 0.409. The number of urea groups is 1. The van der Waals surface area contributed by atoms with Crippen LogP contribution in [0.2, 0.25) is 0 Å². The number of carbonyl (C=O) groups excluding carboxylic acids is 2. The Bertz CT molecular complexity index is 1330. The molecule has 0 unspecified atom stereocenters. The number of aromatic nitrogens is 1. The molecule has 7 nitrogen and oxygen atoms in total. The van der Waals surface area contributed by atoms with Gasteiger partial charge in [0.05, 0.1) is 25.9 Å². The summed E-state index contributed by atoms with van der Waals surface area (Å²) < 4.78 is 10.2. The highest BCUT2D eigenvalue weighted by Crippen LogP contribution is 2.39. The molecule has 1 aliphatic rings. The number of hydrogen-bond acceptors (Lipinski definition) is 5. The molecule has 1 aliphatic heterocycles. The normalized spacial score (nSPS) is 15.2. The molecule has 2 aromatic carbocycles. The third-order valence-corrected chi connectivity index (χ3v) is 6.90. The van der Waals surface area contributed by atoms with E-state index in [1.165, 1.54) is 29.4 Å². The molecule has 2 aromatic heterocycles. The van der Waals surface area contributed by atoms with Crippen molar-refractivity contribution in [1.29, 1.82) is 0 Å². The molecule has 3 heterocycles. The average Bonchev–Trinajstić information content (AvgIpc) is 3.47. The summed E-state index contributed by atoms with van der Waals surface area (Å²) in [5.41, 5.74) is 4.70. The van der Waals surface area contributed by atoms with Gasteiger partial charge in [-0.05, 0) is 47.2 Å². The van der Waals surface area contributed by atoms with E-state index in [4.69, 9.17) is 9.47 Å². The number of H-pyrrole nitrogens is 1. The predicted molar refractivity (Wildman–Crippen MR) is 128 cm³/mol. The fourth-order valence-electron chi connectivity index (χ4n) is 4.44. The van der Waals surface area contributed by atoms with E-state index in [2.05, 4.69) is 22.4 Å². The van der Waals surface area contributed by atoms with Crippen molar-refractivity contribution in [2.24, 2.45) is 0 Å². The molecular formula is C25H23N3O4S. The molecule has 2 amide bonds. The molecule has 168 valence electrons. The monoisotopic (exact) mass is 461 g/mol. The number of benzene rings is 2. The summed E-state index contributed by atoms with van der Waals surface area (Å²) >= 11 is 1.24. The van der Waals surface area contributed by atoms with Gasteiger partial charge in [-0.25, -0.2) is 9.59 Å². The van der Waals surface area contributed by atoms with E-state index in [0.29, 0.717) is 17.1 Å². The molecule has 0 saturated heterocycles. The van der Waals surface area contributed by atoms with Crippen LogP contribution in [-0.2, 0) is 11.2 Å². The zero-order valence-corrected chi connectivity index (χ0v) is 19.1. The largest absolute Gasteiger partial charge is 0.497 e. The molecule has 0 spiro atoms. The van der Waals surface area contributed by atoms with Gasteiger partial charge >= 0.3 is 12.0 Å². The van der Waals surface area contributed by atoms with E-state index >= 15 is 0 Å². The molecule has 8 heteroatoms. The second-order valence-electron chi connectivity index (χ2n) is 7.77. The van der Waals surface area contributed by atoms with Crippen molar-refractivity contribution in [1.82, 2.24) is 9.88 Å². The number of hydrogen-bond donors (Lipinski definition) is 2. The first kappa shape index (κ1) is 21.1. The van der Waals surface area contributed by atoms with Crippen LogP contribution in [0.25, 0.3) is 10.9 Å². The van der Waals surface area contributed by atoms with E-state index in [0.717, 1.165) is 28.9 Å². The number of anilines is 1. The summed E-state index contributed by atoms with van der Waals surface area (Å²) in [7, 11) is 2.96. The number of esters is 1. The lowest BCUT2D eigenvalue weighted by molar-refractivity contribution is 0.0607. The third kappa shape index (κ3) is 3.72. The molecule has 2 N–H and O–H groups in total. The Hall–Kier alpha value is -3.78. The van der Waals surface area contributed by atoms with E-state index < -0.39 is 5.97 Å². The maximum absolute atomic E-state index is 13.5. The molecule has 0 radical (unpaired) electrons. The van der Waals surface area contributed by atoms with Crippen LogP contribution in [0.15, 0.2) is 60.0 Å². The van der Waals surface area contributed by atoms with Gasteiger partial charge in [0.25, 0.3) is 0 Å². The highest BCUT2D eigenvalue weighted by Gasteiger charge is 2.35. The average molecular weight is 462 g/mol. The smallest absolute Gasteiger partial charge is 0.350 e. The topological polar surface area (TPSA) is 83.7 Å². The van der Waals surface area contributed by atoms with Crippen LogP contribution in [-0.4, -0.2) is 42.6 Å². The fourth-order valence-corrected chi connectivity index (χ4v) is 5.20. The van der Waals surface area contributed by atoms with E-state index in [1.54, 1.807) is 23.5 Å². The van der Waals surface area contributed by atoms with Crippen molar-refractivity contribution in [3.63, 3.8) is 0 Å². The molecule has 5 rings (SSSR count). The number of nitrogens with zero attached hydrogens (tertiary/aromatic N) is 1. The van der Waals surface area contributed by atoms with E-state index in [1.807, 2.05) is 36.4 Å². The molecule has 0 fully saturated rings. The van der Waals surface area contributed by atoms with Crippen molar-refractivity contribution < 1.29 is 19.1 Å². The first-order valence-corrected chi connectivity index (χ1v) is 11.5. The van der Waals surface area contributed by atoms with Crippen LogP contribution in [0, 0.1) is 0 Å². The Morgan fingerprint density at radius 1 is 1.09 bits per heavy atom. The summed E-state index contributed by atoms with van der Waals surface area (Å²) in [5.74, 6) is 0.284. The van der Waals surface area contributed by atoms with Gasteiger partial charge in [-0.1, -0.05) is 30.3 Å². The maximum atomic E-state index is 13.5. The second-order valence-corrected chi connectivity index (χ2v) is 8.68.